The fraction of sp³-hybridized carbons (Fsp3) is 0.222. The second-order valence-corrected chi connectivity index (χ2v) is 4.73. The van der Waals surface area contributed by atoms with Gasteiger partial charge in [-0.15, -0.1) is 0 Å². The van der Waals surface area contributed by atoms with Crippen LogP contribution in [0.25, 0.3) is 0 Å². The average molecular weight is 264 g/mol. The number of benzene rings is 1. The van der Waals surface area contributed by atoms with E-state index in [0.29, 0.717) is 0 Å². The van der Waals surface area contributed by atoms with E-state index in [-0.39, 0.29) is 10.5 Å². The standard InChI is InChI=1S/C9H10F2N2O3S/c10-8(11)5-13-9(14)6-1-3-7(4-2-6)17(12,15)16/h1-4,8H,5H2,(H,13,14)(H2,12,15,16). The van der Waals surface area contributed by atoms with Gasteiger partial charge in [-0.3, -0.25) is 4.79 Å². The quantitative estimate of drug-likeness (QED) is 0.821. The van der Waals surface area contributed by atoms with Crippen molar-refractivity contribution in [1.29, 1.82) is 0 Å². The summed E-state index contributed by atoms with van der Waals surface area (Å²) in [5.41, 5.74) is 0.0815. The molecule has 94 valence electrons. The Labute approximate surface area is 96.7 Å². The maximum atomic E-state index is 11.8. The highest BCUT2D eigenvalue weighted by molar-refractivity contribution is 7.89. The number of primary sulfonamides is 1. The zero-order chi connectivity index (χ0) is 13.1. The highest BCUT2D eigenvalue weighted by atomic mass is 32.2. The van der Waals surface area contributed by atoms with Gasteiger partial charge in [-0.1, -0.05) is 0 Å². The monoisotopic (exact) mass is 264 g/mol. The Morgan fingerprint density at radius 1 is 1.29 bits per heavy atom. The van der Waals surface area contributed by atoms with Gasteiger partial charge in [0, 0.05) is 5.56 Å². The Morgan fingerprint density at radius 2 is 1.82 bits per heavy atom. The van der Waals surface area contributed by atoms with E-state index in [4.69, 9.17) is 5.14 Å². The Morgan fingerprint density at radius 3 is 2.24 bits per heavy atom. The van der Waals surface area contributed by atoms with Crippen LogP contribution in [0.1, 0.15) is 10.4 Å². The van der Waals surface area contributed by atoms with E-state index in [2.05, 4.69) is 0 Å². The smallest absolute Gasteiger partial charge is 0.255 e. The lowest BCUT2D eigenvalue weighted by Gasteiger charge is -2.04. The zero-order valence-electron chi connectivity index (χ0n) is 8.56. The van der Waals surface area contributed by atoms with Crippen LogP contribution in [0.2, 0.25) is 0 Å². The first-order chi connectivity index (χ1) is 7.80. The normalized spacial score (nSPS) is 11.5. The molecule has 8 heteroatoms. The first kappa shape index (κ1) is 13.5. The number of sulfonamides is 1. The van der Waals surface area contributed by atoms with Gasteiger partial charge in [0.25, 0.3) is 12.3 Å². The topological polar surface area (TPSA) is 89.3 Å². The summed E-state index contributed by atoms with van der Waals surface area (Å²) in [6, 6.07) is 4.65. The molecule has 0 aliphatic rings. The maximum absolute atomic E-state index is 11.8. The molecule has 0 radical (unpaired) electrons. The first-order valence-corrected chi connectivity index (χ1v) is 6.04. The molecule has 0 bridgehead atoms. The number of hydrogen-bond donors (Lipinski definition) is 2. The molecule has 0 atom stereocenters. The molecule has 0 aromatic heterocycles. The van der Waals surface area contributed by atoms with E-state index in [9.17, 15) is 22.0 Å². The highest BCUT2D eigenvalue weighted by Crippen LogP contribution is 2.08. The summed E-state index contributed by atoms with van der Waals surface area (Å²) < 4.78 is 45.5. The molecule has 5 nitrogen and oxygen atoms in total. The van der Waals surface area contributed by atoms with Crippen molar-refractivity contribution >= 4 is 15.9 Å². The van der Waals surface area contributed by atoms with Crippen LogP contribution < -0.4 is 10.5 Å². The Bertz CT molecular complexity index is 499. The summed E-state index contributed by atoms with van der Waals surface area (Å²) in [6.07, 6.45) is -2.64. The van der Waals surface area contributed by atoms with E-state index in [0.717, 1.165) is 12.1 Å². The number of carbonyl (C=O) groups is 1. The second kappa shape index (κ2) is 5.19. The molecule has 0 aliphatic carbocycles. The Hall–Kier alpha value is -1.54. The van der Waals surface area contributed by atoms with Crippen molar-refractivity contribution in [1.82, 2.24) is 5.32 Å². The van der Waals surface area contributed by atoms with Crippen molar-refractivity contribution in [3.05, 3.63) is 29.8 Å². The van der Waals surface area contributed by atoms with Gasteiger partial charge in [0.15, 0.2) is 0 Å². The number of carbonyl (C=O) groups excluding carboxylic acids is 1. The van der Waals surface area contributed by atoms with Crippen LogP contribution in [0, 0.1) is 0 Å². The SMILES string of the molecule is NS(=O)(=O)c1ccc(C(=O)NCC(F)F)cc1. The molecule has 1 amide bonds. The molecule has 0 fully saturated rings. The summed E-state index contributed by atoms with van der Waals surface area (Å²) >= 11 is 0. The predicted molar refractivity (Wildman–Crippen MR) is 56.2 cm³/mol. The third-order valence-electron chi connectivity index (χ3n) is 1.86. The summed E-state index contributed by atoms with van der Waals surface area (Å²) in [7, 11) is -3.82. The molecule has 0 unspecified atom stereocenters. The fourth-order valence-electron chi connectivity index (χ4n) is 1.07. The number of rotatable bonds is 4. The third kappa shape index (κ3) is 4.08. The fourth-order valence-corrected chi connectivity index (χ4v) is 1.58. The first-order valence-electron chi connectivity index (χ1n) is 4.50. The van der Waals surface area contributed by atoms with Crippen molar-refractivity contribution in [2.24, 2.45) is 5.14 Å². The van der Waals surface area contributed by atoms with Crippen molar-refractivity contribution in [3.63, 3.8) is 0 Å². The minimum absolute atomic E-state index is 0.0815. The number of hydrogen-bond acceptors (Lipinski definition) is 3. The van der Waals surface area contributed by atoms with Crippen LogP contribution in [0.15, 0.2) is 29.2 Å². The van der Waals surface area contributed by atoms with E-state index >= 15 is 0 Å². The van der Waals surface area contributed by atoms with Gasteiger partial charge in [0.05, 0.1) is 11.4 Å². The van der Waals surface area contributed by atoms with Crippen LogP contribution in [0.3, 0.4) is 0 Å². The lowest BCUT2D eigenvalue weighted by atomic mass is 10.2. The Balaban J connectivity index is 2.78. The van der Waals surface area contributed by atoms with Crippen LogP contribution >= 0.6 is 0 Å². The molecule has 3 N–H and O–H groups in total. The lowest BCUT2D eigenvalue weighted by Crippen LogP contribution is -2.28. The molecule has 17 heavy (non-hydrogen) atoms. The van der Waals surface area contributed by atoms with Gasteiger partial charge in [0.2, 0.25) is 10.0 Å². The van der Waals surface area contributed by atoms with Crippen LogP contribution in [0.4, 0.5) is 8.78 Å². The number of amides is 1. The number of alkyl halides is 2. The molecule has 0 saturated carbocycles. The van der Waals surface area contributed by atoms with Gasteiger partial charge < -0.3 is 5.32 Å². The summed E-state index contributed by atoms with van der Waals surface area (Å²) in [6.45, 7) is -0.754. The summed E-state index contributed by atoms with van der Waals surface area (Å²) in [4.78, 5) is 11.1. The molecular weight excluding hydrogens is 254 g/mol. The van der Waals surface area contributed by atoms with Crippen LogP contribution in [-0.2, 0) is 10.0 Å². The maximum Gasteiger partial charge on any atom is 0.255 e. The third-order valence-corrected chi connectivity index (χ3v) is 2.79. The van der Waals surface area contributed by atoms with Gasteiger partial charge in [0.1, 0.15) is 0 Å². The molecular formula is C9H10F2N2O3S. The molecule has 0 saturated heterocycles. The van der Waals surface area contributed by atoms with Crippen molar-refractivity contribution in [2.45, 2.75) is 11.3 Å². The van der Waals surface area contributed by atoms with Gasteiger partial charge in [-0.05, 0) is 24.3 Å². The van der Waals surface area contributed by atoms with Gasteiger partial charge in [-0.25, -0.2) is 22.3 Å². The van der Waals surface area contributed by atoms with Crippen molar-refractivity contribution in [3.8, 4) is 0 Å². The largest absolute Gasteiger partial charge is 0.346 e. The molecule has 1 aromatic carbocycles. The van der Waals surface area contributed by atoms with Gasteiger partial charge in [-0.2, -0.15) is 0 Å². The van der Waals surface area contributed by atoms with E-state index in [1.165, 1.54) is 12.1 Å². The zero-order valence-corrected chi connectivity index (χ0v) is 9.38. The predicted octanol–water partition coefficient (Wildman–Crippen LogP) is 0.329. The van der Waals surface area contributed by atoms with E-state index in [1.807, 2.05) is 5.32 Å². The molecule has 0 heterocycles. The minimum Gasteiger partial charge on any atom is -0.346 e. The molecule has 1 rings (SSSR count). The second-order valence-electron chi connectivity index (χ2n) is 3.17. The number of halogens is 2. The molecule has 1 aromatic rings. The van der Waals surface area contributed by atoms with Gasteiger partial charge >= 0.3 is 0 Å². The molecule has 0 spiro atoms. The Kier molecular flexibility index (Phi) is 4.13. The minimum atomic E-state index is -3.82. The van der Waals surface area contributed by atoms with Crippen molar-refractivity contribution < 1.29 is 22.0 Å². The van der Waals surface area contributed by atoms with Crippen LogP contribution in [0.5, 0.6) is 0 Å². The average Bonchev–Trinajstić information content (AvgIpc) is 2.25. The summed E-state index contributed by atoms with van der Waals surface area (Å²) in [5.74, 6) is -0.703. The highest BCUT2D eigenvalue weighted by Gasteiger charge is 2.11. The van der Waals surface area contributed by atoms with E-state index in [1.54, 1.807) is 0 Å². The van der Waals surface area contributed by atoms with E-state index < -0.39 is 28.9 Å². The summed E-state index contributed by atoms with van der Waals surface area (Å²) in [5, 5.41) is 6.84. The lowest BCUT2D eigenvalue weighted by molar-refractivity contribution is 0.0891. The number of nitrogens with two attached hydrogens (primary N) is 1. The van der Waals surface area contributed by atoms with Crippen LogP contribution in [-0.4, -0.2) is 27.3 Å². The van der Waals surface area contributed by atoms with Crippen molar-refractivity contribution in [2.75, 3.05) is 6.54 Å². The number of nitrogens with one attached hydrogen (secondary N) is 1. The molecule has 0 aliphatic heterocycles.